The molecule has 0 spiro atoms. The second kappa shape index (κ2) is 5.33. The van der Waals surface area contributed by atoms with E-state index in [1.54, 1.807) is 19.1 Å². The minimum absolute atomic E-state index is 0.270. The Balaban J connectivity index is 2.61. The van der Waals surface area contributed by atoms with E-state index in [0.717, 1.165) is 0 Å². The molecular formula is C12H20FN3O. The van der Waals surface area contributed by atoms with Gasteiger partial charge >= 0.3 is 0 Å². The molecule has 1 rings (SSSR count). The highest BCUT2D eigenvalue weighted by molar-refractivity contribution is 5.52. The van der Waals surface area contributed by atoms with Crippen molar-refractivity contribution in [2.75, 3.05) is 38.2 Å². The molecule has 0 radical (unpaired) electrons. The van der Waals surface area contributed by atoms with Gasteiger partial charge in [-0.25, -0.2) is 4.39 Å². The van der Waals surface area contributed by atoms with Crippen LogP contribution in [0.3, 0.4) is 0 Å². The number of nitrogens with two attached hydrogens (primary N) is 1. The van der Waals surface area contributed by atoms with Gasteiger partial charge in [0.2, 0.25) is 0 Å². The molecule has 0 aliphatic heterocycles. The predicted octanol–water partition coefficient (Wildman–Crippen LogP) is 1.13. The van der Waals surface area contributed by atoms with E-state index in [1.165, 1.54) is 6.07 Å². The second-order valence-corrected chi connectivity index (χ2v) is 4.83. The van der Waals surface area contributed by atoms with Gasteiger partial charge in [-0.05, 0) is 39.2 Å². The summed E-state index contributed by atoms with van der Waals surface area (Å²) in [6, 6.07) is 4.44. The summed E-state index contributed by atoms with van der Waals surface area (Å²) >= 11 is 0. The van der Waals surface area contributed by atoms with Crippen molar-refractivity contribution in [1.29, 1.82) is 0 Å². The van der Waals surface area contributed by atoms with E-state index in [1.807, 2.05) is 19.0 Å². The molecule has 1 atom stereocenters. The number of nitrogen functional groups attached to an aromatic ring is 1. The lowest BCUT2D eigenvalue weighted by molar-refractivity contribution is 0.0459. The topological polar surface area (TPSA) is 61.5 Å². The largest absolute Gasteiger partial charge is 0.399 e. The van der Waals surface area contributed by atoms with Gasteiger partial charge in [0.15, 0.2) is 0 Å². The third kappa shape index (κ3) is 4.58. The molecule has 0 heterocycles. The first-order valence-electron chi connectivity index (χ1n) is 5.46. The van der Waals surface area contributed by atoms with Crippen LogP contribution in [0.1, 0.15) is 6.92 Å². The van der Waals surface area contributed by atoms with E-state index in [0.29, 0.717) is 17.9 Å². The number of rotatable bonds is 5. The van der Waals surface area contributed by atoms with Crippen LogP contribution in [0.25, 0.3) is 0 Å². The highest BCUT2D eigenvalue weighted by Gasteiger charge is 2.21. The normalized spacial score (nSPS) is 14.7. The van der Waals surface area contributed by atoms with Crippen molar-refractivity contribution < 1.29 is 9.50 Å². The van der Waals surface area contributed by atoms with Crippen molar-refractivity contribution in [1.82, 2.24) is 4.90 Å². The van der Waals surface area contributed by atoms with Gasteiger partial charge in [-0.3, -0.25) is 0 Å². The summed E-state index contributed by atoms with van der Waals surface area (Å²) in [5.41, 5.74) is 5.26. The summed E-state index contributed by atoms with van der Waals surface area (Å²) in [7, 11) is 3.75. The molecule has 1 unspecified atom stereocenters. The summed E-state index contributed by atoms with van der Waals surface area (Å²) in [6.07, 6.45) is 0. The van der Waals surface area contributed by atoms with Crippen LogP contribution in [0.4, 0.5) is 15.8 Å². The number of hydrogen-bond donors (Lipinski definition) is 3. The SMILES string of the molecule is CN(C)CC(C)(O)CNc1ccc(N)cc1F. The van der Waals surface area contributed by atoms with Gasteiger partial charge in [-0.15, -0.1) is 0 Å². The molecule has 0 aliphatic carbocycles. The Morgan fingerprint density at radius 1 is 1.47 bits per heavy atom. The molecule has 0 amide bonds. The van der Waals surface area contributed by atoms with Crippen molar-refractivity contribution in [3.63, 3.8) is 0 Å². The summed E-state index contributed by atoms with van der Waals surface area (Å²) in [6.45, 7) is 2.47. The predicted molar refractivity (Wildman–Crippen MR) is 68.5 cm³/mol. The Morgan fingerprint density at radius 2 is 2.12 bits per heavy atom. The van der Waals surface area contributed by atoms with E-state index >= 15 is 0 Å². The lowest BCUT2D eigenvalue weighted by atomic mass is 10.1. The number of nitrogens with zero attached hydrogens (tertiary/aromatic N) is 1. The van der Waals surface area contributed by atoms with E-state index in [-0.39, 0.29) is 6.54 Å². The zero-order valence-corrected chi connectivity index (χ0v) is 10.5. The van der Waals surface area contributed by atoms with Crippen molar-refractivity contribution in [3.05, 3.63) is 24.0 Å². The molecule has 17 heavy (non-hydrogen) atoms. The fourth-order valence-corrected chi connectivity index (χ4v) is 1.70. The van der Waals surface area contributed by atoms with Crippen LogP contribution in [0.15, 0.2) is 18.2 Å². The molecule has 0 saturated heterocycles. The van der Waals surface area contributed by atoms with Gasteiger partial charge < -0.3 is 21.1 Å². The lowest BCUT2D eigenvalue weighted by Crippen LogP contribution is -2.43. The van der Waals surface area contributed by atoms with Crippen LogP contribution in [-0.2, 0) is 0 Å². The van der Waals surface area contributed by atoms with E-state index in [4.69, 9.17) is 5.73 Å². The summed E-state index contributed by atoms with van der Waals surface area (Å²) < 4.78 is 13.5. The molecule has 1 aromatic rings. The Morgan fingerprint density at radius 3 is 2.65 bits per heavy atom. The fourth-order valence-electron chi connectivity index (χ4n) is 1.70. The van der Waals surface area contributed by atoms with Gasteiger partial charge in [-0.1, -0.05) is 0 Å². The number of anilines is 2. The first-order valence-corrected chi connectivity index (χ1v) is 5.46. The van der Waals surface area contributed by atoms with Crippen LogP contribution in [0.2, 0.25) is 0 Å². The summed E-state index contributed by atoms with van der Waals surface area (Å²) in [5.74, 6) is -0.411. The monoisotopic (exact) mass is 241 g/mol. The molecule has 0 saturated carbocycles. The van der Waals surface area contributed by atoms with Crippen molar-refractivity contribution >= 4 is 11.4 Å². The standard InChI is InChI=1S/C12H20FN3O/c1-12(17,8-16(2)3)7-15-11-5-4-9(14)6-10(11)13/h4-6,15,17H,7-8,14H2,1-3H3. The molecule has 96 valence electrons. The fraction of sp³-hybridized carbons (Fsp3) is 0.500. The van der Waals surface area contributed by atoms with Crippen molar-refractivity contribution in [2.24, 2.45) is 0 Å². The van der Waals surface area contributed by atoms with E-state index in [9.17, 15) is 9.50 Å². The van der Waals surface area contributed by atoms with E-state index < -0.39 is 11.4 Å². The Labute approximate surface area is 101 Å². The maximum Gasteiger partial charge on any atom is 0.148 e. The number of likely N-dealkylation sites (N-methyl/N-ethyl adjacent to an activating group) is 1. The highest BCUT2D eigenvalue weighted by Crippen LogP contribution is 2.18. The number of halogens is 1. The first-order chi connectivity index (χ1) is 7.80. The Hall–Kier alpha value is -1.33. The molecular weight excluding hydrogens is 221 g/mol. The molecule has 0 bridgehead atoms. The van der Waals surface area contributed by atoms with Gasteiger partial charge in [-0.2, -0.15) is 0 Å². The molecule has 1 aromatic carbocycles. The van der Waals surface area contributed by atoms with Crippen LogP contribution < -0.4 is 11.1 Å². The number of nitrogens with one attached hydrogen (secondary N) is 1. The third-order valence-electron chi connectivity index (χ3n) is 2.31. The van der Waals surface area contributed by atoms with Gasteiger partial charge in [0.1, 0.15) is 5.82 Å². The molecule has 5 heteroatoms. The lowest BCUT2D eigenvalue weighted by Gasteiger charge is -2.27. The van der Waals surface area contributed by atoms with Crippen LogP contribution >= 0.6 is 0 Å². The Bertz CT molecular complexity index is 380. The smallest absolute Gasteiger partial charge is 0.148 e. The van der Waals surface area contributed by atoms with Gasteiger partial charge in [0, 0.05) is 18.8 Å². The van der Waals surface area contributed by atoms with Crippen molar-refractivity contribution in [3.8, 4) is 0 Å². The second-order valence-electron chi connectivity index (χ2n) is 4.83. The molecule has 4 nitrogen and oxygen atoms in total. The zero-order chi connectivity index (χ0) is 13.1. The number of aliphatic hydroxyl groups is 1. The average molecular weight is 241 g/mol. The molecule has 4 N–H and O–H groups in total. The van der Waals surface area contributed by atoms with Crippen LogP contribution in [0, 0.1) is 5.82 Å². The maximum atomic E-state index is 13.5. The maximum absolute atomic E-state index is 13.5. The third-order valence-corrected chi connectivity index (χ3v) is 2.31. The van der Waals surface area contributed by atoms with Gasteiger partial charge in [0.25, 0.3) is 0 Å². The molecule has 0 aliphatic rings. The van der Waals surface area contributed by atoms with Crippen molar-refractivity contribution in [2.45, 2.75) is 12.5 Å². The van der Waals surface area contributed by atoms with E-state index in [2.05, 4.69) is 5.32 Å². The molecule has 0 fully saturated rings. The Kier molecular flexibility index (Phi) is 4.31. The number of hydrogen-bond acceptors (Lipinski definition) is 4. The quantitative estimate of drug-likeness (QED) is 0.676. The summed E-state index contributed by atoms with van der Waals surface area (Å²) in [5, 5.41) is 12.9. The first kappa shape index (κ1) is 13.7. The van der Waals surface area contributed by atoms with Crippen LogP contribution in [0.5, 0.6) is 0 Å². The minimum Gasteiger partial charge on any atom is -0.399 e. The van der Waals surface area contributed by atoms with Gasteiger partial charge in [0.05, 0.1) is 11.3 Å². The summed E-state index contributed by atoms with van der Waals surface area (Å²) in [4.78, 5) is 1.88. The highest BCUT2D eigenvalue weighted by atomic mass is 19.1. The molecule has 0 aromatic heterocycles. The van der Waals surface area contributed by atoms with Crippen LogP contribution in [-0.4, -0.2) is 42.8 Å². The minimum atomic E-state index is -0.919. The zero-order valence-electron chi connectivity index (χ0n) is 10.5. The average Bonchev–Trinajstić information content (AvgIpc) is 2.14. The number of benzene rings is 1.